The molecule has 5 heterocycles. The fourth-order valence-electron chi connectivity index (χ4n) is 5.27. The maximum absolute atomic E-state index is 13.3. The molecule has 0 radical (unpaired) electrons. The maximum Gasteiger partial charge on any atom is 0.156 e. The molecule has 0 spiro atoms. The highest BCUT2D eigenvalue weighted by Crippen LogP contribution is 2.37. The number of fused-ring (bicyclic) bond motifs is 1. The third-order valence-electron chi connectivity index (χ3n) is 8.05. The summed E-state index contributed by atoms with van der Waals surface area (Å²) in [7, 11) is 0. The normalized spacial score (nSPS) is 17.9. The quantitative estimate of drug-likeness (QED) is 0.315. The van der Waals surface area contributed by atoms with Crippen LogP contribution in [0.2, 0.25) is 0 Å². The van der Waals surface area contributed by atoms with Crippen molar-refractivity contribution in [3.63, 3.8) is 0 Å². The zero-order valence-electron chi connectivity index (χ0n) is 22.5. The molecule has 10 nitrogen and oxygen atoms in total. The first-order valence-corrected chi connectivity index (χ1v) is 13.6. The highest BCUT2D eigenvalue weighted by atomic mass is 19.1. The molecule has 0 saturated heterocycles. The first-order valence-electron chi connectivity index (χ1n) is 13.6. The van der Waals surface area contributed by atoms with E-state index in [0.29, 0.717) is 30.0 Å². The van der Waals surface area contributed by atoms with Gasteiger partial charge in [0.2, 0.25) is 0 Å². The molecule has 1 fully saturated rings. The number of anilines is 1. The van der Waals surface area contributed by atoms with Crippen molar-refractivity contribution in [1.82, 2.24) is 34.3 Å². The number of hydrogen-bond acceptors (Lipinski definition) is 8. The van der Waals surface area contributed by atoms with Crippen molar-refractivity contribution in [2.45, 2.75) is 43.9 Å². The number of hydrogen-bond donors (Lipinski definition) is 2. The van der Waals surface area contributed by atoms with Gasteiger partial charge in [0, 0.05) is 54.6 Å². The zero-order valence-corrected chi connectivity index (χ0v) is 22.5. The van der Waals surface area contributed by atoms with Crippen LogP contribution in [0, 0.1) is 5.82 Å². The van der Waals surface area contributed by atoms with Crippen LogP contribution in [0.4, 0.5) is 10.2 Å². The van der Waals surface area contributed by atoms with Crippen molar-refractivity contribution in [2.75, 3.05) is 18.0 Å². The maximum atomic E-state index is 13.3. The second-order valence-corrected chi connectivity index (χ2v) is 11.1. The molecule has 0 bridgehead atoms. The van der Waals surface area contributed by atoms with E-state index in [1.165, 1.54) is 12.1 Å². The average molecular weight is 553 g/mol. The van der Waals surface area contributed by atoms with E-state index < -0.39 is 11.2 Å². The van der Waals surface area contributed by atoms with Crippen molar-refractivity contribution >= 4 is 16.9 Å². The van der Waals surface area contributed by atoms with Crippen LogP contribution < -0.4 is 4.90 Å². The Kier molecular flexibility index (Phi) is 5.95. The highest BCUT2D eigenvalue weighted by Gasteiger charge is 2.40. The van der Waals surface area contributed by atoms with E-state index in [4.69, 9.17) is 0 Å². The molecule has 4 aromatic heterocycles. The van der Waals surface area contributed by atoms with Gasteiger partial charge in [-0.05, 0) is 55.5 Å². The van der Waals surface area contributed by atoms with E-state index in [-0.39, 0.29) is 5.82 Å². The van der Waals surface area contributed by atoms with E-state index in [2.05, 4.69) is 42.2 Å². The first kappa shape index (κ1) is 25.5. The van der Waals surface area contributed by atoms with Crippen LogP contribution in [0.25, 0.3) is 22.2 Å². The summed E-state index contributed by atoms with van der Waals surface area (Å²) in [6, 6.07) is 7.84. The Labute approximate surface area is 235 Å². The monoisotopic (exact) mass is 552 g/mol. The Hall–Kier alpha value is -4.48. The third kappa shape index (κ3) is 4.87. The first-order chi connectivity index (χ1) is 19.8. The molecule has 0 amide bonds. The topological polar surface area (TPSA) is 117 Å². The molecular formula is C30H29FN8O2. The van der Waals surface area contributed by atoms with Crippen LogP contribution in [0.1, 0.15) is 43.1 Å². The van der Waals surface area contributed by atoms with Crippen LogP contribution in [-0.4, -0.2) is 63.3 Å². The van der Waals surface area contributed by atoms with Crippen molar-refractivity contribution in [3.05, 3.63) is 96.5 Å². The second kappa shape index (κ2) is 9.57. The van der Waals surface area contributed by atoms with Crippen LogP contribution >= 0.6 is 0 Å². The van der Waals surface area contributed by atoms with Gasteiger partial charge in [0.05, 0.1) is 18.3 Å². The van der Waals surface area contributed by atoms with Gasteiger partial charge < -0.3 is 15.1 Å². The lowest BCUT2D eigenvalue weighted by molar-refractivity contribution is 0.101. The fraction of sp³-hybridized carbons (Fsp3) is 0.300. The highest BCUT2D eigenvalue weighted by molar-refractivity contribution is 5.78. The average Bonchev–Trinajstić information content (AvgIpc) is 3.34. The van der Waals surface area contributed by atoms with Crippen molar-refractivity contribution in [3.8, 4) is 11.1 Å². The molecule has 5 aromatic rings. The molecule has 0 unspecified atom stereocenters. The van der Waals surface area contributed by atoms with Gasteiger partial charge in [0.1, 0.15) is 23.3 Å². The number of nitrogens with zero attached hydrogens (tertiary/aromatic N) is 8. The molecule has 1 aliphatic heterocycles. The molecule has 7 rings (SSSR count). The third-order valence-corrected chi connectivity index (χ3v) is 8.05. The van der Waals surface area contributed by atoms with Crippen LogP contribution in [0.3, 0.4) is 0 Å². The van der Waals surface area contributed by atoms with Gasteiger partial charge in [0.15, 0.2) is 11.6 Å². The number of aromatic nitrogens is 7. The molecule has 11 heteroatoms. The van der Waals surface area contributed by atoms with E-state index >= 15 is 0 Å². The Bertz CT molecular complexity index is 1750. The SMILES string of the molecule is C[C@](O)(c1ccc(F)cc1)c1cnc(C2=CCN(c3ncnn4cc(-c5cnn(CC6(O)CC6)c5)cc34)CC2)nc1. The van der Waals surface area contributed by atoms with Crippen molar-refractivity contribution < 1.29 is 14.6 Å². The molecule has 208 valence electrons. The molecule has 41 heavy (non-hydrogen) atoms. The Morgan fingerprint density at radius 3 is 2.46 bits per heavy atom. The largest absolute Gasteiger partial charge is 0.388 e. The Morgan fingerprint density at radius 1 is 0.976 bits per heavy atom. The summed E-state index contributed by atoms with van der Waals surface area (Å²) in [4.78, 5) is 15.9. The molecule has 1 aliphatic carbocycles. The lowest BCUT2D eigenvalue weighted by Gasteiger charge is -2.27. The summed E-state index contributed by atoms with van der Waals surface area (Å²) in [6.07, 6.45) is 15.0. The molecule has 1 atom stereocenters. The fourth-order valence-corrected chi connectivity index (χ4v) is 5.27. The Morgan fingerprint density at radius 2 is 1.76 bits per heavy atom. The van der Waals surface area contributed by atoms with Crippen LogP contribution in [-0.2, 0) is 12.1 Å². The van der Waals surface area contributed by atoms with E-state index in [1.54, 1.807) is 42.5 Å². The van der Waals surface area contributed by atoms with Gasteiger partial charge in [0.25, 0.3) is 0 Å². The van der Waals surface area contributed by atoms with E-state index in [1.807, 2.05) is 23.1 Å². The van der Waals surface area contributed by atoms with Gasteiger partial charge in [-0.1, -0.05) is 18.2 Å². The standard InChI is InChI=1S/C30H29FN8O2/c1-29(40,23-2-4-25(31)5-3-23)24-14-32-27(33-15-24)20-6-10-37(11-7-20)28-26-12-21(17-39(26)36-19-34-28)22-13-35-38(16-22)18-30(41)8-9-30/h2-6,12-17,19,40-41H,7-11,18H2,1H3/t29-/m0/s1. The minimum absolute atomic E-state index is 0.355. The summed E-state index contributed by atoms with van der Waals surface area (Å²) in [6.45, 7) is 3.52. The molecule has 1 aromatic carbocycles. The lowest BCUT2D eigenvalue weighted by Crippen LogP contribution is -2.30. The van der Waals surface area contributed by atoms with Crippen LogP contribution in [0.5, 0.6) is 0 Å². The number of rotatable bonds is 7. The Balaban J connectivity index is 1.08. The summed E-state index contributed by atoms with van der Waals surface area (Å²) in [5.41, 5.74) is 3.03. The van der Waals surface area contributed by atoms with Gasteiger partial charge >= 0.3 is 0 Å². The molecular weight excluding hydrogens is 523 g/mol. The predicted molar refractivity (Wildman–Crippen MR) is 150 cm³/mol. The lowest BCUT2D eigenvalue weighted by atomic mass is 9.90. The number of benzene rings is 1. The summed E-state index contributed by atoms with van der Waals surface area (Å²) in [5.74, 6) is 1.11. The molecule has 2 aliphatic rings. The minimum Gasteiger partial charge on any atom is -0.388 e. The van der Waals surface area contributed by atoms with Gasteiger partial charge in [-0.15, -0.1) is 0 Å². The van der Waals surface area contributed by atoms with E-state index in [9.17, 15) is 14.6 Å². The summed E-state index contributed by atoms with van der Waals surface area (Å²) < 4.78 is 17.0. The minimum atomic E-state index is -1.34. The summed E-state index contributed by atoms with van der Waals surface area (Å²) >= 11 is 0. The molecule has 1 saturated carbocycles. The predicted octanol–water partition coefficient (Wildman–Crippen LogP) is 3.60. The number of halogens is 1. The smallest absolute Gasteiger partial charge is 0.156 e. The van der Waals surface area contributed by atoms with E-state index in [0.717, 1.165) is 53.8 Å². The van der Waals surface area contributed by atoms with Crippen molar-refractivity contribution in [2.24, 2.45) is 0 Å². The molecule has 2 N–H and O–H groups in total. The zero-order chi connectivity index (χ0) is 28.2. The number of aliphatic hydroxyl groups is 2. The van der Waals surface area contributed by atoms with Crippen LogP contribution in [0.15, 0.2) is 73.7 Å². The van der Waals surface area contributed by atoms with Gasteiger partial charge in [-0.3, -0.25) is 4.68 Å². The van der Waals surface area contributed by atoms with Gasteiger partial charge in [-0.2, -0.15) is 10.2 Å². The van der Waals surface area contributed by atoms with Crippen molar-refractivity contribution in [1.29, 1.82) is 0 Å². The van der Waals surface area contributed by atoms with Gasteiger partial charge in [-0.25, -0.2) is 23.9 Å². The summed E-state index contributed by atoms with van der Waals surface area (Å²) in [5, 5.41) is 30.1. The second-order valence-electron chi connectivity index (χ2n) is 11.1.